The number of imide groups is 2. The number of amides is 4. The Hall–Kier alpha value is -2.74. The van der Waals surface area contributed by atoms with Gasteiger partial charge in [0.2, 0.25) is 5.91 Å². The van der Waals surface area contributed by atoms with Crippen LogP contribution < -0.4 is 15.0 Å². The van der Waals surface area contributed by atoms with Crippen molar-refractivity contribution in [2.24, 2.45) is 10.9 Å². The molecule has 24 heavy (non-hydrogen) atoms. The van der Waals surface area contributed by atoms with Crippen LogP contribution in [-0.4, -0.2) is 63.3 Å². The number of nitrogens with zero attached hydrogens (tertiary/aromatic N) is 3. The summed E-state index contributed by atoms with van der Waals surface area (Å²) in [6.45, 7) is 1.15. The first kappa shape index (κ1) is 17.6. The van der Waals surface area contributed by atoms with E-state index in [2.05, 4.69) is 10.3 Å². The lowest BCUT2D eigenvalue weighted by molar-refractivity contribution is -0.131. The van der Waals surface area contributed by atoms with Crippen LogP contribution in [0.1, 0.15) is 0 Å². The molecule has 1 N–H and O–H groups in total. The molecule has 0 aromatic heterocycles. The molecule has 128 valence electrons. The molecule has 8 heteroatoms. The van der Waals surface area contributed by atoms with Gasteiger partial charge in [0.05, 0.1) is 19.3 Å². The van der Waals surface area contributed by atoms with E-state index in [9.17, 15) is 14.4 Å². The summed E-state index contributed by atoms with van der Waals surface area (Å²) < 4.78 is 5.05. The summed E-state index contributed by atoms with van der Waals surface area (Å²) in [5, 5.41) is 2.18. The van der Waals surface area contributed by atoms with Crippen LogP contribution in [0.25, 0.3) is 0 Å². The zero-order chi connectivity index (χ0) is 17.7. The van der Waals surface area contributed by atoms with Crippen molar-refractivity contribution in [3.8, 4) is 5.75 Å². The minimum absolute atomic E-state index is 0.359. The molecule has 1 unspecified atom stereocenters. The van der Waals surface area contributed by atoms with Crippen molar-refractivity contribution in [1.82, 2.24) is 10.2 Å². The number of anilines is 1. The van der Waals surface area contributed by atoms with E-state index in [0.29, 0.717) is 24.5 Å². The number of nitrogens with one attached hydrogen (secondary N) is 1. The summed E-state index contributed by atoms with van der Waals surface area (Å²) in [5.74, 6) is -1.81. The highest BCUT2D eigenvalue weighted by molar-refractivity contribution is 6.32. The van der Waals surface area contributed by atoms with Crippen molar-refractivity contribution in [3.05, 3.63) is 24.3 Å². The van der Waals surface area contributed by atoms with Gasteiger partial charge >= 0.3 is 6.03 Å². The average molecular weight is 332 g/mol. The fourth-order valence-corrected chi connectivity index (χ4v) is 2.14. The smallest absolute Gasteiger partial charge is 0.335 e. The third kappa shape index (κ3) is 3.96. The Morgan fingerprint density at radius 3 is 2.50 bits per heavy atom. The van der Waals surface area contributed by atoms with Crippen LogP contribution in [0.3, 0.4) is 0 Å². The predicted octanol–water partition coefficient (Wildman–Crippen LogP) is 0.527. The first-order valence-electron chi connectivity index (χ1n) is 7.41. The Bertz CT molecular complexity index is 655. The number of methoxy groups -OCH3 is 1. The number of carbonyl (C=O) groups excluding carboxylic acids is 3. The van der Waals surface area contributed by atoms with Crippen LogP contribution in [0.4, 0.5) is 10.5 Å². The molecule has 1 aliphatic heterocycles. The maximum atomic E-state index is 12.5. The fraction of sp³-hybridized carbons (Fsp3) is 0.375. The molecule has 1 heterocycles. The van der Waals surface area contributed by atoms with Gasteiger partial charge < -0.3 is 9.64 Å². The van der Waals surface area contributed by atoms with Crippen molar-refractivity contribution >= 4 is 29.7 Å². The lowest BCUT2D eigenvalue weighted by Crippen LogP contribution is -2.58. The fourth-order valence-electron chi connectivity index (χ4n) is 2.14. The van der Waals surface area contributed by atoms with E-state index in [1.54, 1.807) is 24.3 Å². The Balaban J connectivity index is 2.17. The van der Waals surface area contributed by atoms with Gasteiger partial charge in [0.25, 0.3) is 5.91 Å². The van der Waals surface area contributed by atoms with E-state index in [1.165, 1.54) is 13.3 Å². The predicted molar refractivity (Wildman–Crippen MR) is 89.4 cm³/mol. The molecule has 1 atom stereocenters. The number of ether oxygens (including phenoxy) is 1. The summed E-state index contributed by atoms with van der Waals surface area (Å²) in [5.41, 5.74) is 0.359. The monoisotopic (exact) mass is 332 g/mol. The third-order valence-corrected chi connectivity index (χ3v) is 3.46. The molecule has 0 radical (unpaired) electrons. The van der Waals surface area contributed by atoms with Crippen molar-refractivity contribution in [3.63, 3.8) is 0 Å². The Kier molecular flexibility index (Phi) is 5.64. The lowest BCUT2D eigenvalue weighted by Gasteiger charge is -2.28. The molecule has 1 aromatic rings. The van der Waals surface area contributed by atoms with Crippen LogP contribution in [0.15, 0.2) is 29.3 Å². The maximum Gasteiger partial charge on any atom is 0.335 e. The van der Waals surface area contributed by atoms with Gasteiger partial charge in [-0.15, -0.1) is 0 Å². The number of urea groups is 1. The van der Waals surface area contributed by atoms with Gasteiger partial charge in [0.15, 0.2) is 5.92 Å². The second-order valence-electron chi connectivity index (χ2n) is 5.50. The maximum absolute atomic E-state index is 12.5. The van der Waals surface area contributed by atoms with Crippen molar-refractivity contribution in [2.75, 3.05) is 39.2 Å². The van der Waals surface area contributed by atoms with E-state index in [4.69, 9.17) is 4.74 Å². The zero-order valence-electron chi connectivity index (χ0n) is 13.9. The summed E-state index contributed by atoms with van der Waals surface area (Å²) in [6, 6.07) is 5.64. The zero-order valence-corrected chi connectivity index (χ0v) is 13.9. The van der Waals surface area contributed by atoms with E-state index >= 15 is 0 Å². The van der Waals surface area contributed by atoms with Crippen molar-refractivity contribution in [2.45, 2.75) is 0 Å². The largest absolute Gasteiger partial charge is 0.497 e. The number of rotatable bonds is 6. The molecule has 2 rings (SSSR count). The Morgan fingerprint density at radius 1 is 1.25 bits per heavy atom. The van der Waals surface area contributed by atoms with Gasteiger partial charge in [0.1, 0.15) is 5.75 Å². The van der Waals surface area contributed by atoms with Gasteiger partial charge in [0, 0.05) is 12.8 Å². The summed E-state index contributed by atoms with van der Waals surface area (Å²) in [4.78, 5) is 43.5. The standard InChI is InChI=1S/C16H20N4O4/c1-19(2)9-8-17-10-13-14(21)18-16(23)20(15(13)22)11-4-6-12(24-3)7-5-11/h4-7,10,13H,8-9H2,1-3H3,(H,18,21,23). The van der Waals surface area contributed by atoms with Gasteiger partial charge in [-0.25, -0.2) is 9.69 Å². The van der Waals surface area contributed by atoms with Crippen molar-refractivity contribution in [1.29, 1.82) is 0 Å². The van der Waals surface area contributed by atoms with E-state index in [-0.39, 0.29) is 0 Å². The Morgan fingerprint density at radius 2 is 1.92 bits per heavy atom. The summed E-state index contributed by atoms with van der Waals surface area (Å²) >= 11 is 0. The molecule has 1 aliphatic rings. The molecular weight excluding hydrogens is 312 g/mol. The number of benzene rings is 1. The highest BCUT2D eigenvalue weighted by Crippen LogP contribution is 2.23. The first-order chi connectivity index (χ1) is 11.4. The molecule has 1 fully saturated rings. The quantitative estimate of drug-likeness (QED) is 0.606. The highest BCUT2D eigenvalue weighted by atomic mass is 16.5. The molecule has 0 bridgehead atoms. The van der Waals surface area contributed by atoms with Crippen LogP contribution in [0.2, 0.25) is 0 Å². The average Bonchev–Trinajstić information content (AvgIpc) is 2.54. The Labute approximate surface area is 140 Å². The molecule has 1 aromatic carbocycles. The van der Waals surface area contributed by atoms with Crippen LogP contribution in [-0.2, 0) is 9.59 Å². The van der Waals surface area contributed by atoms with Gasteiger partial charge in [-0.3, -0.25) is 19.9 Å². The molecule has 1 saturated heterocycles. The van der Waals surface area contributed by atoms with Gasteiger partial charge in [-0.2, -0.15) is 0 Å². The first-order valence-corrected chi connectivity index (χ1v) is 7.41. The molecule has 0 saturated carbocycles. The molecule has 0 spiro atoms. The second-order valence-corrected chi connectivity index (χ2v) is 5.50. The second kappa shape index (κ2) is 7.69. The minimum Gasteiger partial charge on any atom is -0.497 e. The number of aliphatic imine (C=N–C) groups is 1. The molecule has 8 nitrogen and oxygen atoms in total. The van der Waals surface area contributed by atoms with Crippen LogP contribution in [0, 0.1) is 5.92 Å². The molecular formula is C16H20N4O4. The number of hydrogen-bond acceptors (Lipinski definition) is 6. The van der Waals surface area contributed by atoms with E-state index in [1.807, 2.05) is 19.0 Å². The lowest BCUT2D eigenvalue weighted by atomic mass is 10.1. The third-order valence-electron chi connectivity index (χ3n) is 3.46. The van der Waals surface area contributed by atoms with Crippen LogP contribution >= 0.6 is 0 Å². The normalized spacial score (nSPS) is 18.4. The van der Waals surface area contributed by atoms with Gasteiger partial charge in [-0.1, -0.05) is 0 Å². The number of likely N-dealkylation sites (N-methyl/N-ethyl adjacent to an activating group) is 1. The summed E-state index contributed by atoms with van der Waals surface area (Å²) in [7, 11) is 5.32. The topological polar surface area (TPSA) is 91.3 Å². The minimum atomic E-state index is -1.12. The highest BCUT2D eigenvalue weighted by Gasteiger charge is 2.40. The van der Waals surface area contributed by atoms with E-state index < -0.39 is 23.8 Å². The molecule has 0 aliphatic carbocycles. The van der Waals surface area contributed by atoms with Crippen LogP contribution in [0.5, 0.6) is 5.75 Å². The van der Waals surface area contributed by atoms with E-state index in [0.717, 1.165) is 4.90 Å². The summed E-state index contributed by atoms with van der Waals surface area (Å²) in [6.07, 6.45) is 1.30. The number of barbiturate groups is 1. The molecule has 4 amide bonds. The SMILES string of the molecule is COc1ccc(N2C(=O)NC(=O)C(C=NCCN(C)C)C2=O)cc1. The number of carbonyl (C=O) groups is 3. The van der Waals surface area contributed by atoms with Crippen molar-refractivity contribution < 1.29 is 19.1 Å². The van der Waals surface area contributed by atoms with Gasteiger partial charge in [-0.05, 0) is 38.4 Å². The number of hydrogen-bond donors (Lipinski definition) is 1.